The summed E-state index contributed by atoms with van der Waals surface area (Å²) in [5, 5.41) is 11.2. The molecule has 2 aromatic rings. The second kappa shape index (κ2) is 6.33. The van der Waals surface area contributed by atoms with Gasteiger partial charge in [0, 0.05) is 31.0 Å². The maximum absolute atomic E-state index is 5.30. The van der Waals surface area contributed by atoms with Crippen LogP contribution in [-0.4, -0.2) is 14.9 Å². The molecule has 0 bridgehead atoms. The molecule has 4 nitrogen and oxygen atoms in total. The fourth-order valence-corrected chi connectivity index (χ4v) is 2.04. The van der Waals surface area contributed by atoms with Crippen LogP contribution in [-0.2, 0) is 20.0 Å². The Labute approximate surface area is 118 Å². The Morgan fingerprint density at radius 1 is 1.37 bits per heavy atom. The van der Waals surface area contributed by atoms with Gasteiger partial charge in [-0.15, -0.1) is 0 Å². The third-order valence-electron chi connectivity index (χ3n) is 2.86. The molecule has 0 aliphatic heterocycles. The van der Waals surface area contributed by atoms with Gasteiger partial charge in [-0.2, -0.15) is 5.10 Å². The second-order valence-corrected chi connectivity index (χ2v) is 4.75. The van der Waals surface area contributed by atoms with E-state index in [0.717, 1.165) is 17.7 Å². The van der Waals surface area contributed by atoms with Gasteiger partial charge in [0.2, 0.25) is 0 Å². The Morgan fingerprint density at radius 3 is 2.84 bits per heavy atom. The fraction of sp³-hybridized carbons (Fsp3) is 0.286. The van der Waals surface area contributed by atoms with Crippen LogP contribution in [0.1, 0.15) is 18.1 Å². The van der Waals surface area contributed by atoms with Gasteiger partial charge in [-0.05, 0) is 30.3 Å². The molecule has 2 N–H and O–H groups in total. The van der Waals surface area contributed by atoms with Gasteiger partial charge in [0.15, 0.2) is 5.11 Å². The standard InChI is InChI=1S/C14H18N4S/c1-3-12-6-4-5-7-13(12)17-14(19)15-8-11-9-16-18(2)10-11/h4-7,9-10H,3,8H2,1-2H3,(H2,15,17,19). The number of benzene rings is 1. The monoisotopic (exact) mass is 274 g/mol. The van der Waals surface area contributed by atoms with Crippen LogP contribution in [0.25, 0.3) is 0 Å². The summed E-state index contributed by atoms with van der Waals surface area (Å²) in [4.78, 5) is 0. The SMILES string of the molecule is CCc1ccccc1NC(=S)NCc1cnn(C)c1. The summed E-state index contributed by atoms with van der Waals surface area (Å²) in [6.45, 7) is 2.81. The van der Waals surface area contributed by atoms with Crippen molar-refractivity contribution in [3.05, 3.63) is 47.8 Å². The average molecular weight is 274 g/mol. The lowest BCUT2D eigenvalue weighted by molar-refractivity contribution is 0.766. The van der Waals surface area contributed by atoms with Crippen molar-refractivity contribution in [1.29, 1.82) is 0 Å². The van der Waals surface area contributed by atoms with Gasteiger partial charge in [-0.3, -0.25) is 4.68 Å². The number of anilines is 1. The number of aromatic nitrogens is 2. The first-order valence-corrected chi connectivity index (χ1v) is 6.70. The zero-order chi connectivity index (χ0) is 13.7. The molecular formula is C14H18N4S. The molecule has 1 heterocycles. The van der Waals surface area contributed by atoms with Gasteiger partial charge in [-0.1, -0.05) is 25.1 Å². The number of nitrogens with one attached hydrogen (secondary N) is 2. The van der Waals surface area contributed by atoms with Crippen LogP contribution in [0.15, 0.2) is 36.7 Å². The van der Waals surface area contributed by atoms with E-state index in [1.807, 2.05) is 37.6 Å². The molecule has 0 fully saturated rings. The first-order chi connectivity index (χ1) is 9.19. The second-order valence-electron chi connectivity index (χ2n) is 4.34. The molecule has 0 aliphatic rings. The minimum Gasteiger partial charge on any atom is -0.358 e. The number of thiocarbonyl (C=S) groups is 1. The minimum atomic E-state index is 0.629. The molecule has 100 valence electrons. The lowest BCUT2D eigenvalue weighted by Crippen LogP contribution is -2.28. The van der Waals surface area contributed by atoms with E-state index in [1.165, 1.54) is 5.56 Å². The van der Waals surface area contributed by atoms with Crippen molar-refractivity contribution >= 4 is 23.0 Å². The van der Waals surface area contributed by atoms with Crippen molar-refractivity contribution in [1.82, 2.24) is 15.1 Å². The first kappa shape index (κ1) is 13.5. The Bertz CT molecular complexity index is 562. The first-order valence-electron chi connectivity index (χ1n) is 6.29. The molecule has 0 aliphatic carbocycles. The van der Waals surface area contributed by atoms with E-state index in [0.29, 0.717) is 11.7 Å². The zero-order valence-electron chi connectivity index (χ0n) is 11.2. The van der Waals surface area contributed by atoms with Gasteiger partial charge in [0.05, 0.1) is 6.20 Å². The topological polar surface area (TPSA) is 41.9 Å². The highest BCUT2D eigenvalue weighted by Gasteiger charge is 2.02. The highest BCUT2D eigenvalue weighted by molar-refractivity contribution is 7.80. The normalized spacial score (nSPS) is 10.2. The number of aryl methyl sites for hydroxylation is 2. The number of para-hydroxylation sites is 1. The molecule has 0 atom stereocenters. The van der Waals surface area contributed by atoms with Crippen LogP contribution in [0, 0.1) is 0 Å². The quantitative estimate of drug-likeness (QED) is 0.841. The molecule has 0 saturated carbocycles. The van der Waals surface area contributed by atoms with Gasteiger partial charge in [0.1, 0.15) is 0 Å². The molecule has 0 spiro atoms. The van der Waals surface area contributed by atoms with Crippen molar-refractivity contribution < 1.29 is 0 Å². The third kappa shape index (κ3) is 3.79. The smallest absolute Gasteiger partial charge is 0.171 e. The van der Waals surface area contributed by atoms with Gasteiger partial charge in [-0.25, -0.2) is 0 Å². The van der Waals surface area contributed by atoms with E-state index in [4.69, 9.17) is 12.2 Å². The lowest BCUT2D eigenvalue weighted by Gasteiger charge is -2.12. The summed E-state index contributed by atoms with van der Waals surface area (Å²) in [7, 11) is 1.90. The lowest BCUT2D eigenvalue weighted by atomic mass is 10.1. The van der Waals surface area contributed by atoms with Crippen LogP contribution in [0.5, 0.6) is 0 Å². The Kier molecular flexibility index (Phi) is 4.52. The predicted octanol–water partition coefficient (Wildman–Crippen LogP) is 2.47. The van der Waals surface area contributed by atoms with E-state index < -0.39 is 0 Å². The van der Waals surface area contributed by atoms with Gasteiger partial charge < -0.3 is 10.6 Å². The van der Waals surface area contributed by atoms with Gasteiger partial charge >= 0.3 is 0 Å². The highest BCUT2D eigenvalue weighted by atomic mass is 32.1. The molecule has 1 aromatic heterocycles. The molecule has 1 aromatic carbocycles. The maximum atomic E-state index is 5.30. The number of hydrogen-bond donors (Lipinski definition) is 2. The summed E-state index contributed by atoms with van der Waals surface area (Å²) in [5.74, 6) is 0. The summed E-state index contributed by atoms with van der Waals surface area (Å²) in [6.07, 6.45) is 4.78. The molecule has 2 rings (SSSR count). The zero-order valence-corrected chi connectivity index (χ0v) is 12.0. The molecule has 0 unspecified atom stereocenters. The van der Waals surface area contributed by atoms with Crippen LogP contribution in [0.3, 0.4) is 0 Å². The fourth-order valence-electron chi connectivity index (χ4n) is 1.86. The predicted molar refractivity (Wildman–Crippen MR) is 82.1 cm³/mol. The van der Waals surface area contributed by atoms with Crippen LogP contribution >= 0.6 is 12.2 Å². The maximum Gasteiger partial charge on any atom is 0.171 e. The molecular weight excluding hydrogens is 256 g/mol. The van der Waals surface area contributed by atoms with Gasteiger partial charge in [0.25, 0.3) is 0 Å². The summed E-state index contributed by atoms with van der Waals surface area (Å²) < 4.78 is 1.78. The Hall–Kier alpha value is -1.88. The highest BCUT2D eigenvalue weighted by Crippen LogP contribution is 2.15. The summed E-state index contributed by atoms with van der Waals surface area (Å²) in [6, 6.07) is 8.18. The van der Waals surface area contributed by atoms with Crippen molar-refractivity contribution in [2.75, 3.05) is 5.32 Å². The van der Waals surface area contributed by atoms with E-state index in [1.54, 1.807) is 4.68 Å². The molecule has 5 heteroatoms. The summed E-state index contributed by atoms with van der Waals surface area (Å²) in [5.41, 5.74) is 3.43. The van der Waals surface area contributed by atoms with E-state index in [2.05, 4.69) is 28.7 Å². The molecule has 0 amide bonds. The van der Waals surface area contributed by atoms with Crippen molar-refractivity contribution in [2.24, 2.45) is 7.05 Å². The average Bonchev–Trinajstić information content (AvgIpc) is 2.83. The Morgan fingerprint density at radius 2 is 2.16 bits per heavy atom. The van der Waals surface area contributed by atoms with E-state index in [-0.39, 0.29) is 0 Å². The minimum absolute atomic E-state index is 0.629. The number of nitrogens with zero attached hydrogens (tertiary/aromatic N) is 2. The van der Waals surface area contributed by atoms with Crippen molar-refractivity contribution in [3.8, 4) is 0 Å². The third-order valence-corrected chi connectivity index (χ3v) is 3.10. The largest absolute Gasteiger partial charge is 0.358 e. The molecule has 19 heavy (non-hydrogen) atoms. The van der Waals surface area contributed by atoms with Crippen LogP contribution in [0.2, 0.25) is 0 Å². The van der Waals surface area contributed by atoms with E-state index in [9.17, 15) is 0 Å². The summed E-state index contributed by atoms with van der Waals surface area (Å²) >= 11 is 5.30. The molecule has 0 radical (unpaired) electrons. The van der Waals surface area contributed by atoms with Crippen molar-refractivity contribution in [2.45, 2.75) is 19.9 Å². The van der Waals surface area contributed by atoms with E-state index >= 15 is 0 Å². The van der Waals surface area contributed by atoms with Crippen molar-refractivity contribution in [3.63, 3.8) is 0 Å². The molecule has 0 saturated heterocycles. The number of rotatable bonds is 4. The van der Waals surface area contributed by atoms with Crippen LogP contribution < -0.4 is 10.6 Å². The Balaban J connectivity index is 1.90. The van der Waals surface area contributed by atoms with Crippen LogP contribution in [0.4, 0.5) is 5.69 Å². The number of hydrogen-bond acceptors (Lipinski definition) is 2.